The molecule has 0 spiro atoms. The van der Waals surface area contributed by atoms with Gasteiger partial charge < -0.3 is 14.2 Å². The number of rotatable bonds is 5. The van der Waals surface area contributed by atoms with Crippen molar-refractivity contribution < 1.29 is 14.1 Å². The van der Waals surface area contributed by atoms with Crippen LogP contribution in [0.4, 0.5) is 0 Å². The van der Waals surface area contributed by atoms with Crippen LogP contribution in [0.25, 0.3) is 11.1 Å². The largest absolute Gasteiger partial charge is 0.492 e. The van der Waals surface area contributed by atoms with Crippen molar-refractivity contribution in [3.8, 4) is 5.75 Å². The summed E-state index contributed by atoms with van der Waals surface area (Å²) in [7, 11) is 1.73. The number of aromatic nitrogens is 2. The summed E-state index contributed by atoms with van der Waals surface area (Å²) in [6.45, 7) is 4.40. The van der Waals surface area contributed by atoms with E-state index in [1.807, 2.05) is 19.1 Å². The molecule has 0 fully saturated rings. The fourth-order valence-corrected chi connectivity index (χ4v) is 2.73. The molecule has 130 valence electrons. The zero-order valence-electron chi connectivity index (χ0n) is 14.2. The van der Waals surface area contributed by atoms with Gasteiger partial charge in [-0.25, -0.2) is 4.98 Å². The summed E-state index contributed by atoms with van der Waals surface area (Å²) in [4.78, 5) is 18.7. The Bertz CT molecular complexity index is 923. The number of likely N-dealkylation sites (N-methyl/N-ethyl adjacent to an activating group) is 1. The number of carbonyl (C=O) groups is 1. The number of carbonyl (C=O) groups excluding carboxylic acids is 1. The third-order valence-electron chi connectivity index (χ3n) is 3.81. The van der Waals surface area contributed by atoms with Crippen LogP contribution in [-0.2, 0) is 0 Å². The number of pyridine rings is 1. The van der Waals surface area contributed by atoms with Gasteiger partial charge in [0.2, 0.25) is 0 Å². The maximum absolute atomic E-state index is 12.8. The molecule has 0 saturated heterocycles. The fourth-order valence-electron chi connectivity index (χ4n) is 2.55. The lowest BCUT2D eigenvalue weighted by Gasteiger charge is -2.18. The Labute approximate surface area is 150 Å². The van der Waals surface area contributed by atoms with Crippen LogP contribution in [0.5, 0.6) is 5.75 Å². The number of benzene rings is 1. The second-order valence-corrected chi connectivity index (χ2v) is 6.23. The number of fused-ring (bicyclic) bond motifs is 1. The van der Waals surface area contributed by atoms with Gasteiger partial charge in [-0.3, -0.25) is 4.79 Å². The van der Waals surface area contributed by atoms with E-state index in [0.29, 0.717) is 52.0 Å². The zero-order chi connectivity index (χ0) is 18.0. The minimum absolute atomic E-state index is 0.128. The molecule has 1 amide bonds. The van der Waals surface area contributed by atoms with Crippen molar-refractivity contribution in [1.82, 2.24) is 15.0 Å². The Morgan fingerprint density at radius 3 is 2.88 bits per heavy atom. The Hall–Kier alpha value is -2.60. The van der Waals surface area contributed by atoms with Crippen molar-refractivity contribution in [3.05, 3.63) is 52.3 Å². The number of aryl methyl sites for hydroxylation is 2. The lowest BCUT2D eigenvalue weighted by Crippen LogP contribution is -2.31. The standard InChI is InChI=1S/C18H18ClN3O3/c1-11-9-15(16-12(2)21-25-17(16)20-11)18(23)22(3)7-8-24-14-6-4-5-13(19)10-14/h4-6,9-10H,7-8H2,1-3H3. The molecule has 0 aliphatic carbocycles. The maximum atomic E-state index is 12.8. The van der Waals surface area contributed by atoms with Gasteiger partial charge in [0.25, 0.3) is 11.6 Å². The highest BCUT2D eigenvalue weighted by Crippen LogP contribution is 2.23. The number of amides is 1. The molecule has 2 aromatic heterocycles. The van der Waals surface area contributed by atoms with E-state index in [1.54, 1.807) is 37.1 Å². The van der Waals surface area contributed by atoms with E-state index in [4.69, 9.17) is 20.9 Å². The first-order valence-corrected chi connectivity index (χ1v) is 8.21. The molecule has 3 rings (SSSR count). The molecular formula is C18H18ClN3O3. The predicted octanol–water partition coefficient (Wildman–Crippen LogP) is 3.64. The van der Waals surface area contributed by atoms with Crippen molar-refractivity contribution >= 4 is 28.6 Å². The normalized spacial score (nSPS) is 10.9. The minimum Gasteiger partial charge on any atom is -0.492 e. The number of ether oxygens (including phenoxy) is 1. The average Bonchev–Trinajstić information content (AvgIpc) is 2.94. The number of hydrogen-bond donors (Lipinski definition) is 0. The lowest BCUT2D eigenvalue weighted by molar-refractivity contribution is 0.0775. The van der Waals surface area contributed by atoms with Crippen molar-refractivity contribution in [2.24, 2.45) is 0 Å². The molecule has 6 nitrogen and oxygen atoms in total. The predicted molar refractivity (Wildman–Crippen MR) is 95.2 cm³/mol. The highest BCUT2D eigenvalue weighted by Gasteiger charge is 2.20. The molecule has 0 aliphatic rings. The summed E-state index contributed by atoms with van der Waals surface area (Å²) in [5.74, 6) is 0.543. The summed E-state index contributed by atoms with van der Waals surface area (Å²) in [5.41, 5.74) is 2.26. The van der Waals surface area contributed by atoms with Crippen LogP contribution in [0.2, 0.25) is 5.02 Å². The van der Waals surface area contributed by atoms with Crippen LogP contribution in [-0.4, -0.2) is 41.1 Å². The first kappa shape index (κ1) is 17.2. The van der Waals surface area contributed by atoms with Gasteiger partial charge in [0.1, 0.15) is 12.4 Å². The van der Waals surface area contributed by atoms with Crippen LogP contribution >= 0.6 is 11.6 Å². The zero-order valence-corrected chi connectivity index (χ0v) is 15.0. The quantitative estimate of drug-likeness (QED) is 0.695. The van der Waals surface area contributed by atoms with E-state index in [1.165, 1.54) is 0 Å². The second kappa shape index (κ2) is 7.11. The van der Waals surface area contributed by atoms with Gasteiger partial charge in [-0.2, -0.15) is 0 Å². The molecule has 0 aliphatic heterocycles. The second-order valence-electron chi connectivity index (χ2n) is 5.79. The minimum atomic E-state index is -0.128. The Balaban J connectivity index is 1.71. The van der Waals surface area contributed by atoms with Crippen molar-refractivity contribution in [2.75, 3.05) is 20.2 Å². The van der Waals surface area contributed by atoms with E-state index >= 15 is 0 Å². The highest BCUT2D eigenvalue weighted by atomic mass is 35.5. The van der Waals surface area contributed by atoms with Crippen LogP contribution < -0.4 is 4.74 Å². The summed E-state index contributed by atoms with van der Waals surface area (Å²) >= 11 is 5.93. The third kappa shape index (κ3) is 3.74. The maximum Gasteiger partial charge on any atom is 0.258 e. The highest BCUT2D eigenvalue weighted by molar-refractivity contribution is 6.30. The van der Waals surface area contributed by atoms with Gasteiger partial charge in [-0.1, -0.05) is 22.8 Å². The SMILES string of the molecule is Cc1cc(C(=O)N(C)CCOc2cccc(Cl)c2)c2c(C)noc2n1. The van der Waals surface area contributed by atoms with Crippen molar-refractivity contribution in [2.45, 2.75) is 13.8 Å². The van der Waals surface area contributed by atoms with Gasteiger partial charge in [0, 0.05) is 17.8 Å². The van der Waals surface area contributed by atoms with Gasteiger partial charge in [-0.05, 0) is 38.1 Å². The van der Waals surface area contributed by atoms with E-state index in [2.05, 4.69) is 10.1 Å². The molecular weight excluding hydrogens is 342 g/mol. The smallest absolute Gasteiger partial charge is 0.258 e. The van der Waals surface area contributed by atoms with Crippen LogP contribution in [0.3, 0.4) is 0 Å². The first-order chi connectivity index (χ1) is 12.0. The average molecular weight is 360 g/mol. The van der Waals surface area contributed by atoms with Crippen LogP contribution in [0.15, 0.2) is 34.9 Å². The molecule has 1 aromatic carbocycles. The summed E-state index contributed by atoms with van der Waals surface area (Å²) in [6.07, 6.45) is 0. The number of nitrogens with zero attached hydrogens (tertiary/aromatic N) is 3. The molecule has 0 saturated carbocycles. The molecule has 3 aromatic rings. The number of halogens is 1. The molecule has 25 heavy (non-hydrogen) atoms. The van der Waals surface area contributed by atoms with E-state index in [9.17, 15) is 4.79 Å². The topological polar surface area (TPSA) is 68.5 Å². The molecule has 0 bridgehead atoms. The summed E-state index contributed by atoms with van der Waals surface area (Å²) < 4.78 is 10.8. The van der Waals surface area contributed by atoms with Crippen LogP contribution in [0, 0.1) is 13.8 Å². The lowest BCUT2D eigenvalue weighted by atomic mass is 10.1. The Morgan fingerprint density at radius 1 is 1.32 bits per heavy atom. The number of hydrogen-bond acceptors (Lipinski definition) is 5. The van der Waals surface area contributed by atoms with E-state index < -0.39 is 0 Å². The molecule has 2 heterocycles. The summed E-state index contributed by atoms with van der Waals surface area (Å²) in [5, 5.41) is 5.17. The van der Waals surface area contributed by atoms with Gasteiger partial charge in [0.15, 0.2) is 0 Å². The molecule has 0 unspecified atom stereocenters. The van der Waals surface area contributed by atoms with Crippen LogP contribution in [0.1, 0.15) is 21.7 Å². The molecule has 7 heteroatoms. The van der Waals surface area contributed by atoms with Crippen molar-refractivity contribution in [1.29, 1.82) is 0 Å². The van der Waals surface area contributed by atoms with Crippen molar-refractivity contribution in [3.63, 3.8) is 0 Å². The Kier molecular flexibility index (Phi) is 4.90. The van der Waals surface area contributed by atoms with Gasteiger partial charge in [0.05, 0.1) is 23.2 Å². The molecule has 0 N–H and O–H groups in total. The summed E-state index contributed by atoms with van der Waals surface area (Å²) in [6, 6.07) is 8.91. The van der Waals surface area contributed by atoms with Gasteiger partial charge in [-0.15, -0.1) is 0 Å². The molecule has 0 atom stereocenters. The van der Waals surface area contributed by atoms with E-state index in [-0.39, 0.29) is 5.91 Å². The third-order valence-corrected chi connectivity index (χ3v) is 4.05. The Morgan fingerprint density at radius 2 is 2.12 bits per heavy atom. The molecule has 0 radical (unpaired) electrons. The fraction of sp³-hybridized carbons (Fsp3) is 0.278. The van der Waals surface area contributed by atoms with Gasteiger partial charge >= 0.3 is 0 Å². The van der Waals surface area contributed by atoms with E-state index in [0.717, 1.165) is 0 Å². The first-order valence-electron chi connectivity index (χ1n) is 7.83. The monoisotopic (exact) mass is 359 g/mol.